The number of nitrogens with zero attached hydrogens (tertiary/aromatic N) is 1. The number of methoxy groups -OCH3 is 1. The van der Waals surface area contributed by atoms with Crippen LogP contribution in [-0.2, 0) is 11.3 Å². The summed E-state index contributed by atoms with van der Waals surface area (Å²) in [6, 6.07) is 5.83. The van der Waals surface area contributed by atoms with Crippen molar-refractivity contribution in [3.05, 3.63) is 23.8 Å². The number of amides is 1. The molecule has 0 bridgehead atoms. The maximum atomic E-state index is 11.0. The van der Waals surface area contributed by atoms with Gasteiger partial charge in [-0.2, -0.15) is 0 Å². The van der Waals surface area contributed by atoms with E-state index in [2.05, 4.69) is 10.2 Å². The monoisotopic (exact) mass is 278 g/mol. The topological polar surface area (TPSA) is 61.8 Å². The number of carbonyl (C=O) groups excluding carboxylic acids is 1. The first-order valence-corrected chi connectivity index (χ1v) is 6.94. The Morgan fingerprint density at radius 3 is 2.75 bits per heavy atom. The van der Waals surface area contributed by atoms with Crippen LogP contribution in [0.25, 0.3) is 0 Å². The van der Waals surface area contributed by atoms with Crippen LogP contribution in [0, 0.1) is 0 Å². The summed E-state index contributed by atoms with van der Waals surface area (Å²) < 4.78 is 5.12. The summed E-state index contributed by atoms with van der Waals surface area (Å²) in [4.78, 5) is 13.3. The molecule has 1 aromatic carbocycles. The molecular formula is C15H22N2O3. The predicted octanol–water partition coefficient (Wildman–Crippen LogP) is 1.50. The predicted molar refractivity (Wildman–Crippen MR) is 76.8 cm³/mol. The highest BCUT2D eigenvalue weighted by molar-refractivity contribution is 5.73. The highest BCUT2D eigenvalue weighted by Gasteiger charge is 2.20. The normalized spacial score (nSPS) is 16.9. The maximum absolute atomic E-state index is 11.0. The third-order valence-electron chi connectivity index (χ3n) is 3.69. The van der Waals surface area contributed by atoms with Gasteiger partial charge in [-0.25, -0.2) is 0 Å². The molecule has 0 radical (unpaired) electrons. The number of phenols is 1. The van der Waals surface area contributed by atoms with Gasteiger partial charge in [-0.1, -0.05) is 12.1 Å². The third kappa shape index (κ3) is 3.63. The van der Waals surface area contributed by atoms with Gasteiger partial charge in [-0.3, -0.25) is 9.69 Å². The highest BCUT2D eigenvalue weighted by atomic mass is 16.5. The smallest absolute Gasteiger partial charge is 0.217 e. The number of nitrogens with one attached hydrogen (secondary N) is 1. The van der Waals surface area contributed by atoms with E-state index in [4.69, 9.17) is 4.74 Å². The zero-order valence-corrected chi connectivity index (χ0v) is 12.1. The summed E-state index contributed by atoms with van der Waals surface area (Å²) in [7, 11) is 1.55. The largest absolute Gasteiger partial charge is 0.504 e. The van der Waals surface area contributed by atoms with Gasteiger partial charge in [0.2, 0.25) is 5.91 Å². The van der Waals surface area contributed by atoms with Crippen molar-refractivity contribution >= 4 is 5.91 Å². The molecule has 0 saturated carbocycles. The van der Waals surface area contributed by atoms with E-state index in [0.29, 0.717) is 12.3 Å². The number of benzene rings is 1. The van der Waals surface area contributed by atoms with Crippen LogP contribution in [-0.4, -0.2) is 42.2 Å². The van der Waals surface area contributed by atoms with Gasteiger partial charge in [-0.05, 0) is 18.9 Å². The van der Waals surface area contributed by atoms with Crippen LogP contribution in [0.2, 0.25) is 0 Å². The molecule has 0 atom stereocenters. The number of likely N-dealkylation sites (tertiary alicyclic amines) is 1. The molecule has 5 heteroatoms. The Morgan fingerprint density at radius 1 is 1.45 bits per heavy atom. The number of rotatable bonds is 4. The number of hydrogen-bond acceptors (Lipinski definition) is 4. The molecular weight excluding hydrogens is 256 g/mol. The number of phenolic OH excluding ortho intramolecular Hbond substituents is 1. The summed E-state index contributed by atoms with van der Waals surface area (Å²) in [5.74, 6) is 0.767. The van der Waals surface area contributed by atoms with Gasteiger partial charge in [0.15, 0.2) is 11.5 Å². The second kappa shape index (κ2) is 6.61. The Labute approximate surface area is 119 Å². The Morgan fingerprint density at radius 2 is 2.15 bits per heavy atom. The number of hydrogen-bond donors (Lipinski definition) is 2. The minimum absolute atomic E-state index is 0.0360. The van der Waals surface area contributed by atoms with Gasteiger partial charge in [0.25, 0.3) is 0 Å². The molecule has 2 N–H and O–H groups in total. The standard InChI is InChI=1S/C15H22N2O3/c1-11(18)16-13-6-8-17(9-7-13)10-12-4-3-5-14(20-2)15(12)19/h3-5,13,19H,6-10H2,1-2H3,(H,16,18). The molecule has 1 amide bonds. The number of carbonyl (C=O) groups is 1. The molecule has 1 aliphatic rings. The summed E-state index contributed by atoms with van der Waals surface area (Å²) >= 11 is 0. The van der Waals surface area contributed by atoms with E-state index in [1.165, 1.54) is 0 Å². The van der Waals surface area contributed by atoms with E-state index in [1.54, 1.807) is 20.1 Å². The first-order chi connectivity index (χ1) is 9.60. The fourth-order valence-corrected chi connectivity index (χ4v) is 2.62. The molecule has 1 heterocycles. The molecule has 1 saturated heterocycles. The molecule has 0 aromatic heterocycles. The Balaban J connectivity index is 1.91. The number of piperidine rings is 1. The van der Waals surface area contributed by atoms with Gasteiger partial charge in [0, 0.05) is 38.2 Å². The van der Waals surface area contributed by atoms with Crippen LogP contribution >= 0.6 is 0 Å². The van der Waals surface area contributed by atoms with Crippen molar-refractivity contribution in [2.24, 2.45) is 0 Å². The fraction of sp³-hybridized carbons (Fsp3) is 0.533. The zero-order chi connectivity index (χ0) is 14.5. The van der Waals surface area contributed by atoms with Crippen molar-refractivity contribution < 1.29 is 14.6 Å². The molecule has 1 aromatic rings. The maximum Gasteiger partial charge on any atom is 0.217 e. The number of aromatic hydroxyl groups is 1. The van der Waals surface area contributed by atoms with E-state index in [0.717, 1.165) is 31.5 Å². The van der Waals surface area contributed by atoms with E-state index in [9.17, 15) is 9.90 Å². The lowest BCUT2D eigenvalue weighted by molar-refractivity contribution is -0.119. The van der Waals surface area contributed by atoms with Crippen molar-refractivity contribution in [1.82, 2.24) is 10.2 Å². The van der Waals surface area contributed by atoms with Crippen LogP contribution in [0.1, 0.15) is 25.3 Å². The lowest BCUT2D eigenvalue weighted by Gasteiger charge is -2.32. The van der Waals surface area contributed by atoms with Gasteiger partial charge < -0.3 is 15.2 Å². The first-order valence-electron chi connectivity index (χ1n) is 6.94. The molecule has 0 unspecified atom stereocenters. The summed E-state index contributed by atoms with van der Waals surface area (Å²) in [5, 5.41) is 13.0. The van der Waals surface area contributed by atoms with Gasteiger partial charge >= 0.3 is 0 Å². The second-order valence-corrected chi connectivity index (χ2v) is 5.22. The highest BCUT2D eigenvalue weighted by Crippen LogP contribution is 2.30. The Hall–Kier alpha value is -1.75. The van der Waals surface area contributed by atoms with E-state index in [-0.39, 0.29) is 17.7 Å². The SMILES string of the molecule is COc1cccc(CN2CCC(NC(C)=O)CC2)c1O. The average molecular weight is 278 g/mol. The average Bonchev–Trinajstić information content (AvgIpc) is 2.43. The fourth-order valence-electron chi connectivity index (χ4n) is 2.62. The molecule has 0 aliphatic carbocycles. The van der Waals surface area contributed by atoms with Crippen LogP contribution in [0.3, 0.4) is 0 Å². The second-order valence-electron chi connectivity index (χ2n) is 5.22. The third-order valence-corrected chi connectivity index (χ3v) is 3.69. The molecule has 0 spiro atoms. The summed E-state index contributed by atoms with van der Waals surface area (Å²) in [6.45, 7) is 4.10. The first kappa shape index (κ1) is 14.7. The summed E-state index contributed by atoms with van der Waals surface area (Å²) in [5.41, 5.74) is 0.877. The van der Waals surface area contributed by atoms with Crippen molar-refractivity contribution in [3.63, 3.8) is 0 Å². The summed E-state index contributed by atoms with van der Waals surface area (Å²) in [6.07, 6.45) is 1.90. The van der Waals surface area contributed by atoms with Gasteiger partial charge in [-0.15, -0.1) is 0 Å². The number of ether oxygens (including phenoxy) is 1. The van der Waals surface area contributed by atoms with E-state index >= 15 is 0 Å². The molecule has 20 heavy (non-hydrogen) atoms. The van der Waals surface area contributed by atoms with Crippen LogP contribution in [0.5, 0.6) is 11.5 Å². The van der Waals surface area contributed by atoms with E-state index in [1.807, 2.05) is 12.1 Å². The van der Waals surface area contributed by atoms with Crippen LogP contribution in [0.4, 0.5) is 0 Å². The van der Waals surface area contributed by atoms with Gasteiger partial charge in [0.05, 0.1) is 7.11 Å². The molecule has 1 fully saturated rings. The van der Waals surface area contributed by atoms with Gasteiger partial charge in [0.1, 0.15) is 0 Å². The Bertz CT molecular complexity index is 468. The van der Waals surface area contributed by atoms with Crippen molar-refractivity contribution in [2.45, 2.75) is 32.4 Å². The number of para-hydroxylation sites is 1. The van der Waals surface area contributed by atoms with Crippen molar-refractivity contribution in [2.75, 3.05) is 20.2 Å². The molecule has 5 nitrogen and oxygen atoms in total. The van der Waals surface area contributed by atoms with Crippen LogP contribution in [0.15, 0.2) is 18.2 Å². The lowest BCUT2D eigenvalue weighted by Crippen LogP contribution is -2.43. The minimum atomic E-state index is 0.0360. The lowest BCUT2D eigenvalue weighted by atomic mass is 10.0. The minimum Gasteiger partial charge on any atom is -0.504 e. The quantitative estimate of drug-likeness (QED) is 0.876. The van der Waals surface area contributed by atoms with Crippen molar-refractivity contribution in [1.29, 1.82) is 0 Å². The van der Waals surface area contributed by atoms with Crippen LogP contribution < -0.4 is 10.1 Å². The molecule has 1 aliphatic heterocycles. The molecule has 110 valence electrons. The van der Waals surface area contributed by atoms with E-state index < -0.39 is 0 Å². The molecule has 2 rings (SSSR count). The Kier molecular flexibility index (Phi) is 4.84. The zero-order valence-electron chi connectivity index (χ0n) is 12.1. The van der Waals surface area contributed by atoms with Crippen molar-refractivity contribution in [3.8, 4) is 11.5 Å².